The highest BCUT2D eigenvalue weighted by Gasteiger charge is 2.29. The molecule has 0 spiro atoms. The Hall–Kier alpha value is -1.47. The third-order valence-corrected chi connectivity index (χ3v) is 3.91. The molecule has 1 aromatic carbocycles. The summed E-state index contributed by atoms with van der Waals surface area (Å²) in [4.78, 5) is 22.5. The van der Waals surface area contributed by atoms with Crippen molar-refractivity contribution >= 4 is 27.5 Å². The Bertz CT molecular complexity index is 534. The lowest BCUT2D eigenvalue weighted by atomic mass is 9.88. The molecule has 0 fully saturated rings. The van der Waals surface area contributed by atoms with Crippen LogP contribution in [0.4, 0.5) is 5.69 Å². The van der Waals surface area contributed by atoms with Gasteiger partial charge in [-0.1, -0.05) is 29.8 Å². The number of benzene rings is 1. The van der Waals surface area contributed by atoms with Gasteiger partial charge in [-0.15, -0.1) is 0 Å². The number of nitrogens with one attached hydrogen (secondary N) is 1. The lowest BCUT2D eigenvalue weighted by Crippen LogP contribution is -2.55. The van der Waals surface area contributed by atoms with Crippen LogP contribution in [0, 0.1) is 16.0 Å². The maximum absolute atomic E-state index is 12.2. The summed E-state index contributed by atoms with van der Waals surface area (Å²) in [5, 5.41) is 13.7. The Morgan fingerprint density at radius 2 is 2.10 bits per heavy atom. The van der Waals surface area contributed by atoms with Gasteiger partial charge in [0.2, 0.25) is 0 Å². The van der Waals surface area contributed by atoms with Gasteiger partial charge in [0, 0.05) is 28.7 Å². The molecule has 0 saturated carbocycles. The van der Waals surface area contributed by atoms with Crippen molar-refractivity contribution in [3.63, 3.8) is 0 Å². The number of non-ortho nitro benzene ring substituents is 1. The minimum atomic E-state index is -0.561. The number of halogens is 1. The summed E-state index contributed by atoms with van der Waals surface area (Å²) in [6.45, 7) is 6.04. The van der Waals surface area contributed by atoms with E-state index in [0.29, 0.717) is 4.47 Å². The number of nitrogens with two attached hydrogens (primary N) is 1. The van der Waals surface area contributed by atoms with Crippen LogP contribution in [-0.4, -0.2) is 22.9 Å². The van der Waals surface area contributed by atoms with Crippen LogP contribution in [-0.2, 0) is 0 Å². The number of nitro groups is 1. The second-order valence-electron chi connectivity index (χ2n) is 5.19. The predicted octanol–water partition coefficient (Wildman–Crippen LogP) is 2.46. The van der Waals surface area contributed by atoms with Crippen LogP contribution in [0.25, 0.3) is 0 Å². The summed E-state index contributed by atoms with van der Waals surface area (Å²) in [5.41, 5.74) is 5.24. The fourth-order valence-electron chi connectivity index (χ4n) is 1.57. The number of hydrogen-bond donors (Lipinski definition) is 2. The molecule has 0 aromatic heterocycles. The number of rotatable bonds is 5. The molecule has 0 aliphatic rings. The van der Waals surface area contributed by atoms with Crippen LogP contribution in [0.15, 0.2) is 22.7 Å². The minimum Gasteiger partial charge on any atom is -0.345 e. The van der Waals surface area contributed by atoms with Crippen LogP contribution >= 0.6 is 15.9 Å². The van der Waals surface area contributed by atoms with E-state index in [1.165, 1.54) is 12.1 Å². The first-order valence-electron chi connectivity index (χ1n) is 6.17. The first-order valence-corrected chi connectivity index (χ1v) is 6.96. The zero-order chi connectivity index (χ0) is 15.5. The molecular weight excluding hydrogens is 326 g/mol. The summed E-state index contributed by atoms with van der Waals surface area (Å²) in [7, 11) is 0. The molecular formula is C13H18BrN3O3. The van der Waals surface area contributed by atoms with Gasteiger partial charge in [0.25, 0.3) is 11.6 Å². The fourth-order valence-corrected chi connectivity index (χ4v) is 2.05. The molecule has 1 amide bonds. The molecule has 1 atom stereocenters. The lowest BCUT2D eigenvalue weighted by molar-refractivity contribution is -0.385. The van der Waals surface area contributed by atoms with Gasteiger partial charge in [-0.05, 0) is 18.9 Å². The quantitative estimate of drug-likeness (QED) is 0.633. The Balaban J connectivity index is 3.07. The molecule has 3 N–H and O–H groups in total. The third kappa shape index (κ3) is 3.77. The molecule has 0 aliphatic heterocycles. The van der Waals surface area contributed by atoms with E-state index in [-0.39, 0.29) is 29.6 Å². The summed E-state index contributed by atoms with van der Waals surface area (Å²) < 4.78 is 0.482. The SMILES string of the molecule is CC(C)C(C)(CN)NC(=O)c1cc(Br)cc([N+](=O)[O-])c1. The predicted molar refractivity (Wildman–Crippen MR) is 80.6 cm³/mol. The van der Waals surface area contributed by atoms with Crippen molar-refractivity contribution in [2.24, 2.45) is 11.7 Å². The zero-order valence-electron chi connectivity index (χ0n) is 11.6. The Morgan fingerprint density at radius 1 is 1.50 bits per heavy atom. The average Bonchev–Trinajstić information content (AvgIpc) is 2.37. The molecule has 1 unspecified atom stereocenters. The zero-order valence-corrected chi connectivity index (χ0v) is 13.2. The van der Waals surface area contributed by atoms with Crippen molar-refractivity contribution in [3.05, 3.63) is 38.3 Å². The van der Waals surface area contributed by atoms with Gasteiger partial charge >= 0.3 is 0 Å². The molecule has 0 heterocycles. The third-order valence-electron chi connectivity index (χ3n) is 3.45. The van der Waals surface area contributed by atoms with E-state index in [1.54, 1.807) is 6.07 Å². The molecule has 1 aromatic rings. The second-order valence-corrected chi connectivity index (χ2v) is 6.10. The highest BCUT2D eigenvalue weighted by Crippen LogP contribution is 2.22. The molecule has 0 saturated heterocycles. The van der Waals surface area contributed by atoms with Crippen LogP contribution in [0.3, 0.4) is 0 Å². The molecule has 6 nitrogen and oxygen atoms in total. The van der Waals surface area contributed by atoms with Crippen LogP contribution in [0.2, 0.25) is 0 Å². The molecule has 0 radical (unpaired) electrons. The molecule has 110 valence electrons. The number of nitro benzene ring substituents is 1. The Labute approximate surface area is 126 Å². The molecule has 1 rings (SSSR count). The smallest absolute Gasteiger partial charge is 0.271 e. The van der Waals surface area contributed by atoms with E-state index in [2.05, 4.69) is 21.2 Å². The van der Waals surface area contributed by atoms with Crippen LogP contribution in [0.1, 0.15) is 31.1 Å². The highest BCUT2D eigenvalue weighted by atomic mass is 79.9. The van der Waals surface area contributed by atoms with E-state index in [9.17, 15) is 14.9 Å². The van der Waals surface area contributed by atoms with Gasteiger partial charge in [0.15, 0.2) is 0 Å². The van der Waals surface area contributed by atoms with Crippen LogP contribution in [0.5, 0.6) is 0 Å². The first kappa shape index (κ1) is 16.6. The van der Waals surface area contributed by atoms with E-state index >= 15 is 0 Å². The minimum absolute atomic E-state index is 0.136. The number of hydrogen-bond acceptors (Lipinski definition) is 4. The summed E-state index contributed by atoms with van der Waals surface area (Å²) >= 11 is 3.17. The topological polar surface area (TPSA) is 98.3 Å². The van der Waals surface area contributed by atoms with E-state index in [0.717, 1.165) is 0 Å². The van der Waals surface area contributed by atoms with Crippen LogP contribution < -0.4 is 11.1 Å². The normalized spacial score (nSPS) is 13.9. The maximum atomic E-state index is 12.2. The number of nitrogens with zero attached hydrogens (tertiary/aromatic N) is 1. The lowest BCUT2D eigenvalue weighted by Gasteiger charge is -2.33. The fraction of sp³-hybridized carbons (Fsp3) is 0.462. The number of carbonyl (C=O) groups is 1. The summed E-state index contributed by atoms with van der Waals surface area (Å²) in [6.07, 6.45) is 0. The number of amides is 1. The highest BCUT2D eigenvalue weighted by molar-refractivity contribution is 9.10. The summed E-state index contributed by atoms with van der Waals surface area (Å²) in [5.74, 6) is -0.241. The Kier molecular flexibility index (Phi) is 5.24. The van der Waals surface area contributed by atoms with E-state index < -0.39 is 10.5 Å². The molecule has 20 heavy (non-hydrogen) atoms. The second kappa shape index (κ2) is 6.32. The first-order chi connectivity index (χ1) is 9.19. The van der Waals surface area contributed by atoms with Crippen molar-refractivity contribution in [2.75, 3.05) is 6.54 Å². The largest absolute Gasteiger partial charge is 0.345 e. The van der Waals surface area contributed by atoms with Gasteiger partial charge in [-0.25, -0.2) is 0 Å². The number of carbonyl (C=O) groups excluding carboxylic acids is 1. The monoisotopic (exact) mass is 343 g/mol. The van der Waals surface area contributed by atoms with Gasteiger partial charge in [0.05, 0.1) is 10.5 Å². The molecule has 0 aliphatic carbocycles. The average molecular weight is 344 g/mol. The molecule has 0 bridgehead atoms. The Morgan fingerprint density at radius 3 is 2.55 bits per heavy atom. The van der Waals surface area contributed by atoms with Gasteiger partial charge < -0.3 is 11.1 Å². The maximum Gasteiger partial charge on any atom is 0.271 e. The van der Waals surface area contributed by atoms with Gasteiger partial charge in [-0.3, -0.25) is 14.9 Å². The van der Waals surface area contributed by atoms with Crippen molar-refractivity contribution in [1.29, 1.82) is 0 Å². The van der Waals surface area contributed by atoms with Gasteiger partial charge in [-0.2, -0.15) is 0 Å². The van der Waals surface area contributed by atoms with Crippen molar-refractivity contribution in [1.82, 2.24) is 5.32 Å². The van der Waals surface area contributed by atoms with E-state index in [1.807, 2.05) is 20.8 Å². The van der Waals surface area contributed by atoms with Crippen molar-refractivity contribution < 1.29 is 9.72 Å². The van der Waals surface area contributed by atoms with Crippen molar-refractivity contribution in [3.8, 4) is 0 Å². The van der Waals surface area contributed by atoms with E-state index in [4.69, 9.17) is 5.73 Å². The van der Waals surface area contributed by atoms with Gasteiger partial charge in [0.1, 0.15) is 0 Å². The standard InChI is InChI=1S/C13H18BrN3O3/c1-8(2)13(3,7-15)16-12(18)9-4-10(14)6-11(5-9)17(19)20/h4-6,8H,7,15H2,1-3H3,(H,16,18). The summed E-state index contributed by atoms with van der Waals surface area (Å²) in [6, 6.07) is 4.14. The van der Waals surface area contributed by atoms with Crippen molar-refractivity contribution in [2.45, 2.75) is 26.3 Å². The molecule has 7 heteroatoms.